The largest absolute Gasteiger partial charge is 0.480 e. The Bertz CT molecular complexity index is 974. The molecule has 27 heavy (non-hydrogen) atoms. The third kappa shape index (κ3) is 2.35. The Morgan fingerprint density at radius 1 is 1.26 bits per heavy atom. The van der Waals surface area contributed by atoms with Gasteiger partial charge in [-0.3, -0.25) is 10.4 Å². The molecule has 1 spiro atoms. The summed E-state index contributed by atoms with van der Waals surface area (Å²) >= 11 is 0. The van der Waals surface area contributed by atoms with E-state index in [0.29, 0.717) is 5.88 Å². The van der Waals surface area contributed by atoms with Crippen molar-refractivity contribution in [3.8, 4) is 17.0 Å². The summed E-state index contributed by atoms with van der Waals surface area (Å²) in [6.07, 6.45) is 4.57. The molecule has 0 amide bonds. The Morgan fingerprint density at radius 3 is 2.89 bits per heavy atom. The molecule has 3 aromatic rings. The number of aliphatic hydroxyl groups excluding tert-OH is 1. The minimum absolute atomic E-state index is 0.432. The van der Waals surface area contributed by atoms with Gasteiger partial charge in [0, 0.05) is 29.4 Å². The van der Waals surface area contributed by atoms with E-state index >= 15 is 0 Å². The Labute approximate surface area is 157 Å². The number of para-hydroxylation sites is 1. The minimum Gasteiger partial charge on any atom is -0.480 e. The lowest BCUT2D eigenvalue weighted by atomic mass is 9.91. The van der Waals surface area contributed by atoms with E-state index in [1.165, 1.54) is 5.56 Å². The number of H-pyrrole nitrogens is 1. The molecule has 4 heterocycles. The van der Waals surface area contributed by atoms with Crippen molar-refractivity contribution in [2.75, 3.05) is 18.6 Å². The number of methoxy groups -OCH3 is 1. The van der Waals surface area contributed by atoms with E-state index in [1.807, 2.05) is 30.5 Å². The molecule has 2 aliphatic rings. The van der Waals surface area contributed by atoms with E-state index in [1.54, 1.807) is 13.3 Å². The monoisotopic (exact) mass is 363 g/mol. The summed E-state index contributed by atoms with van der Waals surface area (Å²) in [6, 6.07) is 12.3. The van der Waals surface area contributed by atoms with Crippen molar-refractivity contribution in [3.63, 3.8) is 0 Å². The van der Waals surface area contributed by atoms with Crippen molar-refractivity contribution in [2.24, 2.45) is 0 Å². The zero-order valence-electron chi connectivity index (χ0n) is 15.0. The maximum Gasteiger partial charge on any atom is 0.223 e. The summed E-state index contributed by atoms with van der Waals surface area (Å²) < 4.78 is 5.58. The van der Waals surface area contributed by atoms with Crippen molar-refractivity contribution < 1.29 is 9.84 Å². The van der Waals surface area contributed by atoms with Crippen LogP contribution in [0, 0.1) is 0 Å². The van der Waals surface area contributed by atoms with Crippen LogP contribution in [0.15, 0.2) is 48.8 Å². The number of hydrogen-bond donors (Lipinski definition) is 3. The van der Waals surface area contributed by atoms with Gasteiger partial charge in [0.15, 0.2) is 0 Å². The average Bonchev–Trinajstić information content (AvgIpc) is 3.41. The van der Waals surface area contributed by atoms with Crippen LogP contribution in [0.4, 0.5) is 11.5 Å². The molecule has 2 aromatic heterocycles. The minimum atomic E-state index is -0.619. The molecule has 2 unspecified atom stereocenters. The molecule has 3 N–H and O–H groups in total. The van der Waals surface area contributed by atoms with Crippen molar-refractivity contribution >= 4 is 11.5 Å². The van der Waals surface area contributed by atoms with Gasteiger partial charge >= 0.3 is 0 Å². The zero-order valence-corrected chi connectivity index (χ0v) is 15.0. The van der Waals surface area contributed by atoms with Crippen molar-refractivity contribution in [3.05, 3.63) is 54.4 Å². The first kappa shape index (κ1) is 16.3. The van der Waals surface area contributed by atoms with Gasteiger partial charge in [0.05, 0.1) is 18.8 Å². The van der Waals surface area contributed by atoms with Crippen LogP contribution >= 0.6 is 0 Å². The first-order valence-electron chi connectivity index (χ1n) is 9.07. The van der Waals surface area contributed by atoms with E-state index in [0.717, 1.165) is 42.0 Å². The second-order valence-corrected chi connectivity index (χ2v) is 7.06. The number of pyridine rings is 1. The second kappa shape index (κ2) is 6.07. The van der Waals surface area contributed by atoms with Crippen molar-refractivity contribution in [1.82, 2.24) is 20.5 Å². The number of anilines is 2. The van der Waals surface area contributed by atoms with Crippen LogP contribution in [0.2, 0.25) is 0 Å². The maximum absolute atomic E-state index is 10.8. The van der Waals surface area contributed by atoms with Crippen LogP contribution in [-0.2, 0) is 6.42 Å². The van der Waals surface area contributed by atoms with Crippen LogP contribution in [0.3, 0.4) is 0 Å². The number of benzene rings is 1. The van der Waals surface area contributed by atoms with Gasteiger partial charge in [-0.05, 0) is 36.7 Å². The molecule has 138 valence electrons. The Kier molecular flexibility index (Phi) is 3.66. The molecule has 7 heteroatoms. The molecule has 1 fully saturated rings. The van der Waals surface area contributed by atoms with Crippen molar-refractivity contribution in [1.29, 1.82) is 0 Å². The van der Waals surface area contributed by atoms with Crippen LogP contribution in [-0.4, -0.2) is 45.7 Å². The summed E-state index contributed by atoms with van der Waals surface area (Å²) in [7, 11) is 1.62. The topological polar surface area (TPSA) is 86.3 Å². The highest BCUT2D eigenvalue weighted by molar-refractivity contribution is 5.75. The van der Waals surface area contributed by atoms with Gasteiger partial charge in [0.2, 0.25) is 5.88 Å². The molecule has 2 atom stereocenters. The van der Waals surface area contributed by atoms with Gasteiger partial charge in [0.1, 0.15) is 12.0 Å². The molecule has 0 aliphatic carbocycles. The molecule has 7 nitrogen and oxygen atoms in total. The van der Waals surface area contributed by atoms with Gasteiger partial charge in [0.25, 0.3) is 0 Å². The summed E-state index contributed by atoms with van der Waals surface area (Å²) in [4.78, 5) is 6.98. The number of rotatable bonds is 3. The van der Waals surface area contributed by atoms with Gasteiger partial charge in [-0.2, -0.15) is 10.1 Å². The fourth-order valence-electron chi connectivity index (χ4n) is 4.38. The van der Waals surface area contributed by atoms with Gasteiger partial charge in [-0.15, -0.1) is 0 Å². The lowest BCUT2D eigenvalue weighted by Crippen LogP contribution is -2.53. The molecule has 5 rings (SSSR count). The number of aromatic nitrogens is 3. The summed E-state index contributed by atoms with van der Waals surface area (Å²) in [6.45, 7) is 0.774. The molecular weight excluding hydrogens is 342 g/mol. The lowest BCUT2D eigenvalue weighted by molar-refractivity contribution is 0.0954. The molecule has 0 radical (unpaired) electrons. The van der Waals surface area contributed by atoms with E-state index in [2.05, 4.69) is 32.5 Å². The van der Waals surface area contributed by atoms with E-state index in [9.17, 15) is 5.11 Å². The third-order valence-electron chi connectivity index (χ3n) is 5.66. The number of fused-ring (bicyclic) bond motifs is 1. The predicted molar refractivity (Wildman–Crippen MR) is 102 cm³/mol. The highest BCUT2D eigenvalue weighted by Crippen LogP contribution is 2.48. The maximum atomic E-state index is 10.8. The molecule has 0 saturated carbocycles. The van der Waals surface area contributed by atoms with Crippen LogP contribution < -0.4 is 15.0 Å². The molecule has 1 saturated heterocycles. The Hall–Kier alpha value is -2.90. The zero-order chi connectivity index (χ0) is 18.4. The standard InChI is InChI=1S/C20H21N5O2/c1-27-18-15(14-11-22-23-12-14)6-7-17(24-18)25-16-5-3-2-4-13(16)10-20(25)8-9-21-19(20)26/h2-7,11-12,19,21,26H,8-10H2,1H3,(H,22,23). The first-order chi connectivity index (χ1) is 13.2. The fraction of sp³-hybridized carbons (Fsp3) is 0.300. The molecule has 2 aliphatic heterocycles. The number of hydrogen-bond acceptors (Lipinski definition) is 6. The predicted octanol–water partition coefficient (Wildman–Crippen LogP) is 2.22. The van der Waals surface area contributed by atoms with E-state index < -0.39 is 11.8 Å². The van der Waals surface area contributed by atoms with Crippen LogP contribution in [0.25, 0.3) is 11.1 Å². The van der Waals surface area contributed by atoms with Gasteiger partial charge < -0.3 is 14.7 Å². The number of nitrogens with zero attached hydrogens (tertiary/aromatic N) is 3. The molecule has 1 aromatic carbocycles. The van der Waals surface area contributed by atoms with Crippen LogP contribution in [0.1, 0.15) is 12.0 Å². The first-order valence-corrected chi connectivity index (χ1v) is 9.07. The number of aliphatic hydroxyl groups is 1. The third-order valence-corrected chi connectivity index (χ3v) is 5.66. The van der Waals surface area contributed by atoms with Gasteiger partial charge in [-0.25, -0.2) is 0 Å². The number of ether oxygens (including phenoxy) is 1. The second-order valence-electron chi connectivity index (χ2n) is 7.06. The smallest absolute Gasteiger partial charge is 0.223 e. The average molecular weight is 363 g/mol. The highest BCUT2D eigenvalue weighted by Gasteiger charge is 2.52. The van der Waals surface area contributed by atoms with Gasteiger partial charge in [-0.1, -0.05) is 18.2 Å². The highest BCUT2D eigenvalue weighted by atomic mass is 16.5. The lowest BCUT2D eigenvalue weighted by Gasteiger charge is -2.38. The number of aromatic amines is 1. The summed E-state index contributed by atoms with van der Waals surface area (Å²) in [5, 5.41) is 20.8. The van der Waals surface area contributed by atoms with Crippen LogP contribution in [0.5, 0.6) is 5.88 Å². The summed E-state index contributed by atoms with van der Waals surface area (Å²) in [5.74, 6) is 1.31. The number of nitrogens with one attached hydrogen (secondary N) is 2. The fourth-order valence-corrected chi connectivity index (χ4v) is 4.38. The van der Waals surface area contributed by atoms with Crippen molar-refractivity contribution in [2.45, 2.75) is 24.6 Å². The normalized spacial score (nSPS) is 23.8. The Balaban J connectivity index is 1.65. The van der Waals surface area contributed by atoms with E-state index in [-0.39, 0.29) is 0 Å². The van der Waals surface area contributed by atoms with E-state index in [4.69, 9.17) is 9.72 Å². The molecular formula is C20H21N5O2. The quantitative estimate of drug-likeness (QED) is 0.662. The SMILES string of the molecule is COc1nc(N2c3ccccc3CC23CCNC3O)ccc1-c1cn[nH]c1. The Morgan fingerprint density at radius 2 is 2.15 bits per heavy atom. The summed E-state index contributed by atoms with van der Waals surface area (Å²) in [5.41, 5.74) is 3.68. The molecule has 0 bridgehead atoms.